The zero-order valence-electron chi connectivity index (χ0n) is 22.8. The predicted octanol–water partition coefficient (Wildman–Crippen LogP) is 5.61. The number of hydrogen-bond acceptors (Lipinski definition) is 9. The molecule has 214 valence electrons. The van der Waals surface area contributed by atoms with Crippen molar-refractivity contribution < 1.29 is 48.0 Å². The number of aromatic carboxylic acids is 1. The molecule has 39 heavy (non-hydrogen) atoms. The maximum atomic E-state index is 11.5. The second kappa shape index (κ2) is 14.6. The van der Waals surface area contributed by atoms with Crippen LogP contribution in [0.2, 0.25) is 10.0 Å². The van der Waals surface area contributed by atoms with Crippen LogP contribution in [0.4, 0.5) is 0 Å². The number of carbonyl (C=O) groups is 4. The summed E-state index contributed by atoms with van der Waals surface area (Å²) in [4.78, 5) is 45.2. The van der Waals surface area contributed by atoms with Gasteiger partial charge in [0.25, 0.3) is 0 Å². The fraction of sp³-hybridized carbons (Fsp3) is 0.407. The van der Waals surface area contributed by atoms with Gasteiger partial charge in [-0.1, -0.05) is 23.2 Å². The van der Waals surface area contributed by atoms with Crippen LogP contribution in [-0.4, -0.2) is 60.5 Å². The zero-order valence-corrected chi connectivity index (χ0v) is 24.3. The van der Waals surface area contributed by atoms with E-state index in [-0.39, 0.29) is 40.9 Å². The lowest BCUT2D eigenvalue weighted by atomic mass is 10.2. The summed E-state index contributed by atoms with van der Waals surface area (Å²) in [5.74, 6) is -2.32. The van der Waals surface area contributed by atoms with Crippen molar-refractivity contribution >= 4 is 47.1 Å². The summed E-state index contributed by atoms with van der Waals surface area (Å²) in [6, 6.07) is 8.43. The minimum atomic E-state index is -1.10. The molecule has 10 nitrogen and oxygen atoms in total. The zero-order chi connectivity index (χ0) is 30.0. The summed E-state index contributed by atoms with van der Waals surface area (Å²) in [5, 5.41) is 9.36. The van der Waals surface area contributed by atoms with Crippen LogP contribution in [0.5, 0.6) is 11.5 Å². The lowest BCUT2D eigenvalue weighted by Crippen LogP contribution is -2.27. The Balaban J connectivity index is 0.000000391. The molecule has 0 fully saturated rings. The van der Waals surface area contributed by atoms with Crippen LogP contribution in [-0.2, 0) is 23.8 Å². The minimum Gasteiger partial charge on any atom is -0.480 e. The molecule has 0 aliphatic carbocycles. The molecule has 0 aliphatic heterocycles. The minimum absolute atomic E-state index is 0.0311. The molecule has 0 aliphatic rings. The molecular weight excluding hydrogens is 555 g/mol. The Morgan fingerprint density at radius 1 is 0.718 bits per heavy atom. The summed E-state index contributed by atoms with van der Waals surface area (Å²) < 4.78 is 25.2. The third kappa shape index (κ3) is 13.2. The highest BCUT2D eigenvalue weighted by Gasteiger charge is 2.19. The largest absolute Gasteiger partial charge is 0.480 e. The number of hydrogen-bond donors (Lipinski definition) is 1. The highest BCUT2D eigenvalue weighted by Crippen LogP contribution is 2.27. The van der Waals surface area contributed by atoms with E-state index in [4.69, 9.17) is 47.3 Å². The molecule has 0 aromatic heterocycles. The molecule has 0 heterocycles. The molecule has 2 aromatic carbocycles. The molecular formula is C27H32Cl2O10. The maximum absolute atomic E-state index is 11.5. The van der Waals surface area contributed by atoms with Crippen LogP contribution in [0.1, 0.15) is 62.3 Å². The molecule has 1 N–H and O–H groups in total. The van der Waals surface area contributed by atoms with Gasteiger partial charge >= 0.3 is 23.9 Å². The molecule has 0 unspecified atom stereocenters. The number of methoxy groups -OCH3 is 1. The fourth-order valence-corrected chi connectivity index (χ4v) is 2.97. The Labute approximate surface area is 237 Å². The van der Waals surface area contributed by atoms with Gasteiger partial charge in [0.1, 0.15) is 22.7 Å². The van der Waals surface area contributed by atoms with E-state index in [1.165, 1.54) is 43.5 Å². The Bertz CT molecular complexity index is 1180. The Hall–Kier alpha value is -3.50. The van der Waals surface area contributed by atoms with Crippen molar-refractivity contribution in [1.82, 2.24) is 0 Å². The first-order valence-electron chi connectivity index (χ1n) is 11.5. The summed E-state index contributed by atoms with van der Waals surface area (Å²) in [7, 11) is 1.28. The molecule has 0 saturated heterocycles. The van der Waals surface area contributed by atoms with Gasteiger partial charge in [-0.15, -0.1) is 0 Å². The van der Waals surface area contributed by atoms with Crippen molar-refractivity contribution in [3.63, 3.8) is 0 Å². The smallest absolute Gasteiger partial charge is 0.344 e. The van der Waals surface area contributed by atoms with Gasteiger partial charge in [0.2, 0.25) is 0 Å². The summed E-state index contributed by atoms with van der Waals surface area (Å²) in [5.41, 5.74) is -0.870. The normalized spacial score (nSPS) is 10.9. The van der Waals surface area contributed by atoms with E-state index in [0.29, 0.717) is 5.02 Å². The molecule has 0 amide bonds. The highest BCUT2D eigenvalue weighted by molar-refractivity contribution is 6.32. The van der Waals surface area contributed by atoms with E-state index >= 15 is 0 Å². The van der Waals surface area contributed by atoms with Gasteiger partial charge in [0, 0.05) is 0 Å². The van der Waals surface area contributed by atoms with Gasteiger partial charge < -0.3 is 28.8 Å². The lowest BCUT2D eigenvalue weighted by Gasteiger charge is -2.19. The Morgan fingerprint density at radius 3 is 1.46 bits per heavy atom. The van der Waals surface area contributed by atoms with Crippen LogP contribution in [0.3, 0.4) is 0 Å². The second-order valence-electron chi connectivity index (χ2n) is 9.84. The topological polar surface area (TPSA) is 135 Å². The number of carboxylic acid groups (broad SMARTS) is 1. The fourth-order valence-electron chi connectivity index (χ4n) is 2.62. The SMILES string of the molecule is CC(C)(C)OC(=O)COc1cc(C(=O)O)ccc1Cl.COC(=O)c1ccc(Cl)c(OCC(=O)OC(C)(C)C)c1. The summed E-state index contributed by atoms with van der Waals surface area (Å²) >= 11 is 11.8. The predicted molar refractivity (Wildman–Crippen MR) is 144 cm³/mol. The molecule has 0 radical (unpaired) electrons. The molecule has 12 heteroatoms. The van der Waals surface area contributed by atoms with Crippen molar-refractivity contribution in [3.8, 4) is 11.5 Å². The van der Waals surface area contributed by atoms with Crippen LogP contribution in [0.25, 0.3) is 0 Å². The van der Waals surface area contributed by atoms with E-state index in [1.54, 1.807) is 41.5 Å². The van der Waals surface area contributed by atoms with Gasteiger partial charge in [-0.25, -0.2) is 19.2 Å². The van der Waals surface area contributed by atoms with Crippen LogP contribution >= 0.6 is 23.2 Å². The van der Waals surface area contributed by atoms with Crippen LogP contribution in [0, 0.1) is 0 Å². The number of benzene rings is 2. The van der Waals surface area contributed by atoms with Crippen LogP contribution < -0.4 is 9.47 Å². The van der Waals surface area contributed by atoms with Crippen molar-refractivity contribution in [2.75, 3.05) is 20.3 Å². The van der Waals surface area contributed by atoms with E-state index in [1.807, 2.05) is 0 Å². The number of carbonyl (C=O) groups excluding carboxylic acids is 3. The van der Waals surface area contributed by atoms with E-state index in [0.717, 1.165) is 0 Å². The molecule has 0 saturated carbocycles. The van der Waals surface area contributed by atoms with Gasteiger partial charge in [-0.05, 0) is 77.9 Å². The van der Waals surface area contributed by atoms with Crippen LogP contribution in [0.15, 0.2) is 36.4 Å². The first-order chi connectivity index (χ1) is 17.9. The van der Waals surface area contributed by atoms with Crippen molar-refractivity contribution in [2.45, 2.75) is 52.7 Å². The van der Waals surface area contributed by atoms with E-state index in [2.05, 4.69) is 4.74 Å². The first kappa shape index (κ1) is 33.5. The summed E-state index contributed by atoms with van der Waals surface area (Å²) in [6.07, 6.45) is 0. The van der Waals surface area contributed by atoms with Crippen molar-refractivity contribution in [1.29, 1.82) is 0 Å². The molecule has 2 rings (SSSR count). The standard InChI is InChI=1S/C14H17ClO5.C13H15ClO5/c1-14(2,3)20-12(16)8-19-11-7-9(13(17)18-4)5-6-10(11)15;1-13(2,3)19-11(15)7-18-10-6-8(12(16)17)4-5-9(10)14/h5-7H,8H2,1-4H3;4-6H,7H2,1-3H3,(H,16,17). The molecule has 0 atom stereocenters. The van der Waals surface area contributed by atoms with Gasteiger partial charge in [-0.2, -0.15) is 0 Å². The second-order valence-corrected chi connectivity index (χ2v) is 10.7. The number of carboxylic acids is 1. The number of esters is 3. The Morgan fingerprint density at radius 2 is 1.10 bits per heavy atom. The Kier molecular flexibility index (Phi) is 12.5. The van der Waals surface area contributed by atoms with Gasteiger partial charge in [0.15, 0.2) is 13.2 Å². The van der Waals surface area contributed by atoms with E-state index < -0.39 is 35.1 Å². The van der Waals surface area contributed by atoms with E-state index in [9.17, 15) is 19.2 Å². The summed E-state index contributed by atoms with van der Waals surface area (Å²) in [6.45, 7) is 9.87. The highest BCUT2D eigenvalue weighted by atomic mass is 35.5. The number of ether oxygens (including phenoxy) is 5. The van der Waals surface area contributed by atoms with Gasteiger partial charge in [0.05, 0.1) is 28.3 Å². The lowest BCUT2D eigenvalue weighted by molar-refractivity contribution is -0.158. The number of halogens is 2. The van der Waals surface area contributed by atoms with Crippen molar-refractivity contribution in [2.24, 2.45) is 0 Å². The maximum Gasteiger partial charge on any atom is 0.344 e. The average Bonchev–Trinajstić information content (AvgIpc) is 2.80. The average molecular weight is 587 g/mol. The third-order valence-corrected chi connectivity index (χ3v) is 4.69. The molecule has 2 aromatic rings. The monoisotopic (exact) mass is 586 g/mol. The first-order valence-corrected chi connectivity index (χ1v) is 12.3. The quantitative estimate of drug-likeness (QED) is 0.307. The molecule has 0 spiro atoms. The third-order valence-electron chi connectivity index (χ3n) is 4.06. The van der Waals surface area contributed by atoms with Crippen molar-refractivity contribution in [3.05, 3.63) is 57.6 Å². The number of rotatable bonds is 8. The molecule has 0 bridgehead atoms. The van der Waals surface area contributed by atoms with Gasteiger partial charge in [-0.3, -0.25) is 0 Å².